The highest BCUT2D eigenvalue weighted by Crippen LogP contribution is 2.32. The zero-order chi connectivity index (χ0) is 23.2. The number of nitrogens with zero attached hydrogens (tertiary/aromatic N) is 2. The molecule has 1 atom stereocenters. The van der Waals surface area contributed by atoms with E-state index in [9.17, 15) is 14.0 Å². The smallest absolute Gasteiger partial charge is 0.277 e. The van der Waals surface area contributed by atoms with Crippen LogP contribution in [0.25, 0.3) is 0 Å². The summed E-state index contributed by atoms with van der Waals surface area (Å²) in [4.78, 5) is 33.1. The molecule has 33 heavy (non-hydrogen) atoms. The van der Waals surface area contributed by atoms with Gasteiger partial charge >= 0.3 is 0 Å². The Balaban J connectivity index is 1.82. The van der Waals surface area contributed by atoms with Crippen molar-refractivity contribution in [2.45, 2.75) is 51.1 Å². The van der Waals surface area contributed by atoms with Crippen molar-refractivity contribution in [2.75, 3.05) is 4.90 Å². The summed E-state index contributed by atoms with van der Waals surface area (Å²) in [5.74, 6) is -1.22. The third-order valence-electron chi connectivity index (χ3n) is 6.13. The first kappa shape index (κ1) is 22.6. The second-order valence-electron chi connectivity index (χ2n) is 8.47. The maximum absolute atomic E-state index is 14.3. The van der Waals surface area contributed by atoms with Gasteiger partial charge in [0, 0.05) is 17.9 Å². The summed E-state index contributed by atoms with van der Waals surface area (Å²) in [6, 6.07) is 17.4. The molecule has 1 fully saturated rings. The Morgan fingerprint density at radius 2 is 1.76 bits per heavy atom. The molecule has 5 nitrogen and oxygen atoms in total. The Bertz CT molecular complexity index is 1110. The van der Waals surface area contributed by atoms with E-state index in [1.807, 2.05) is 31.2 Å². The lowest BCUT2D eigenvalue weighted by molar-refractivity contribution is -0.123. The number of amides is 2. The summed E-state index contributed by atoms with van der Waals surface area (Å²) < 4.78 is 14.3. The topological polar surface area (TPSA) is 62.3 Å². The number of aryl methyl sites for hydroxylation is 1. The summed E-state index contributed by atoms with van der Waals surface area (Å²) in [5, 5.41) is 3.17. The highest BCUT2D eigenvalue weighted by Gasteiger charge is 2.36. The Labute approximate surface area is 193 Å². The number of carbonyl (C=O) groups is 2. The second kappa shape index (κ2) is 10.4. The number of nitrogens with one attached hydrogen (secondary N) is 1. The predicted molar refractivity (Wildman–Crippen MR) is 126 cm³/mol. The number of hydrogen-bond acceptors (Lipinski definition) is 3. The number of rotatable bonds is 6. The van der Waals surface area contributed by atoms with E-state index in [1.54, 1.807) is 24.3 Å². The van der Waals surface area contributed by atoms with Crippen LogP contribution in [0.2, 0.25) is 0 Å². The molecule has 2 amide bonds. The summed E-state index contributed by atoms with van der Waals surface area (Å²) >= 11 is 0. The molecule has 0 spiro atoms. The van der Waals surface area contributed by atoms with Crippen molar-refractivity contribution >= 4 is 17.5 Å². The first-order chi connectivity index (χ1) is 16.0. The van der Waals surface area contributed by atoms with Crippen molar-refractivity contribution in [3.8, 4) is 0 Å². The molecule has 4 rings (SSSR count). The maximum atomic E-state index is 14.3. The van der Waals surface area contributed by atoms with Crippen LogP contribution in [0.1, 0.15) is 59.8 Å². The van der Waals surface area contributed by atoms with E-state index in [4.69, 9.17) is 0 Å². The lowest BCUT2D eigenvalue weighted by atomic mass is 9.93. The minimum absolute atomic E-state index is 0.0667. The van der Waals surface area contributed by atoms with Crippen LogP contribution in [-0.4, -0.2) is 22.8 Å². The maximum Gasteiger partial charge on any atom is 0.277 e. The van der Waals surface area contributed by atoms with Gasteiger partial charge in [0.1, 0.15) is 17.6 Å². The number of aromatic nitrogens is 1. The van der Waals surface area contributed by atoms with Crippen molar-refractivity contribution in [2.24, 2.45) is 0 Å². The molecule has 1 N–H and O–H groups in total. The standard InChI is InChI=1S/C27H28FN3O2/c1-19-10-5-6-15-23(19)25(26(32)30-21-12-3-2-4-13-21)31(22-14-9-11-20(28)18-22)27(33)24-16-7-8-17-29-24/h5-11,14-18,21,25H,2-4,12-13H2,1H3,(H,30,32). The van der Waals surface area contributed by atoms with Crippen LogP contribution in [0.5, 0.6) is 0 Å². The zero-order valence-electron chi connectivity index (χ0n) is 18.7. The fourth-order valence-corrected chi connectivity index (χ4v) is 4.44. The van der Waals surface area contributed by atoms with Crippen LogP contribution in [0.4, 0.5) is 10.1 Å². The van der Waals surface area contributed by atoms with Crippen LogP contribution in [0.3, 0.4) is 0 Å². The van der Waals surface area contributed by atoms with Gasteiger partial charge in [-0.15, -0.1) is 0 Å². The number of hydrogen-bond donors (Lipinski definition) is 1. The zero-order valence-corrected chi connectivity index (χ0v) is 18.7. The fourth-order valence-electron chi connectivity index (χ4n) is 4.44. The van der Waals surface area contributed by atoms with Crippen LogP contribution >= 0.6 is 0 Å². The van der Waals surface area contributed by atoms with E-state index in [2.05, 4.69) is 10.3 Å². The van der Waals surface area contributed by atoms with Crippen molar-refractivity contribution in [1.82, 2.24) is 10.3 Å². The average molecular weight is 446 g/mol. The summed E-state index contributed by atoms with van der Waals surface area (Å²) in [5.41, 5.74) is 2.05. The van der Waals surface area contributed by atoms with Gasteiger partial charge in [-0.3, -0.25) is 19.5 Å². The average Bonchev–Trinajstić information content (AvgIpc) is 2.84. The van der Waals surface area contributed by atoms with Gasteiger partial charge in [-0.1, -0.05) is 55.7 Å². The normalized spacial score (nSPS) is 15.0. The first-order valence-electron chi connectivity index (χ1n) is 11.4. The van der Waals surface area contributed by atoms with Gasteiger partial charge in [0.05, 0.1) is 0 Å². The highest BCUT2D eigenvalue weighted by molar-refractivity contribution is 6.09. The fraction of sp³-hybridized carbons (Fsp3) is 0.296. The minimum atomic E-state index is -0.968. The number of halogens is 1. The Kier molecular flexibility index (Phi) is 7.13. The molecular formula is C27H28FN3O2. The number of pyridine rings is 1. The van der Waals surface area contributed by atoms with E-state index in [0.717, 1.165) is 31.2 Å². The summed E-state index contributed by atoms with van der Waals surface area (Å²) in [6.07, 6.45) is 6.67. The lowest BCUT2D eigenvalue weighted by Crippen LogP contribution is -2.47. The Morgan fingerprint density at radius 3 is 2.45 bits per heavy atom. The first-order valence-corrected chi connectivity index (χ1v) is 11.4. The van der Waals surface area contributed by atoms with Crippen molar-refractivity contribution in [3.63, 3.8) is 0 Å². The third kappa shape index (κ3) is 5.28. The molecule has 0 bridgehead atoms. The number of anilines is 1. The molecule has 0 aliphatic heterocycles. The second-order valence-corrected chi connectivity index (χ2v) is 8.47. The lowest BCUT2D eigenvalue weighted by Gasteiger charge is -2.34. The van der Waals surface area contributed by atoms with E-state index in [0.29, 0.717) is 11.3 Å². The van der Waals surface area contributed by atoms with Crippen LogP contribution < -0.4 is 10.2 Å². The van der Waals surface area contributed by atoms with E-state index in [-0.39, 0.29) is 17.6 Å². The van der Waals surface area contributed by atoms with Crippen LogP contribution in [0, 0.1) is 12.7 Å². The molecule has 0 radical (unpaired) electrons. The SMILES string of the molecule is Cc1ccccc1C(C(=O)NC1CCCCC1)N(C(=O)c1ccccn1)c1cccc(F)c1. The molecule has 170 valence electrons. The van der Waals surface area contributed by atoms with Crippen molar-refractivity contribution < 1.29 is 14.0 Å². The molecule has 3 aromatic rings. The Morgan fingerprint density at radius 1 is 1.00 bits per heavy atom. The van der Waals surface area contributed by atoms with Gasteiger partial charge in [0.15, 0.2) is 0 Å². The third-order valence-corrected chi connectivity index (χ3v) is 6.13. The van der Waals surface area contributed by atoms with Gasteiger partial charge in [-0.05, 0) is 61.2 Å². The molecule has 1 unspecified atom stereocenters. The van der Waals surface area contributed by atoms with E-state index in [1.165, 1.54) is 35.7 Å². The molecule has 1 heterocycles. The molecule has 1 aliphatic carbocycles. The number of carbonyl (C=O) groups excluding carboxylic acids is 2. The molecule has 1 aliphatic rings. The van der Waals surface area contributed by atoms with Gasteiger partial charge in [0.2, 0.25) is 5.91 Å². The van der Waals surface area contributed by atoms with Crippen molar-refractivity contribution in [1.29, 1.82) is 0 Å². The van der Waals surface area contributed by atoms with Gasteiger partial charge in [0.25, 0.3) is 5.91 Å². The number of benzene rings is 2. The molecule has 0 saturated heterocycles. The molecular weight excluding hydrogens is 417 g/mol. The van der Waals surface area contributed by atoms with Crippen LogP contribution in [0.15, 0.2) is 72.9 Å². The van der Waals surface area contributed by atoms with Gasteiger partial charge in [-0.2, -0.15) is 0 Å². The molecule has 1 saturated carbocycles. The summed E-state index contributed by atoms with van der Waals surface area (Å²) in [6.45, 7) is 1.91. The van der Waals surface area contributed by atoms with E-state index >= 15 is 0 Å². The monoisotopic (exact) mass is 445 g/mol. The summed E-state index contributed by atoms with van der Waals surface area (Å²) in [7, 11) is 0. The quantitative estimate of drug-likeness (QED) is 0.555. The predicted octanol–water partition coefficient (Wildman–Crippen LogP) is 5.37. The van der Waals surface area contributed by atoms with Crippen LogP contribution in [-0.2, 0) is 4.79 Å². The van der Waals surface area contributed by atoms with Gasteiger partial charge in [-0.25, -0.2) is 4.39 Å². The molecule has 6 heteroatoms. The minimum Gasteiger partial charge on any atom is -0.351 e. The Hall–Kier alpha value is -3.54. The largest absolute Gasteiger partial charge is 0.351 e. The van der Waals surface area contributed by atoms with E-state index < -0.39 is 17.8 Å². The van der Waals surface area contributed by atoms with Crippen molar-refractivity contribution in [3.05, 3.63) is 95.6 Å². The molecule has 1 aromatic heterocycles. The highest BCUT2D eigenvalue weighted by atomic mass is 19.1. The molecule has 2 aromatic carbocycles. The van der Waals surface area contributed by atoms with Gasteiger partial charge < -0.3 is 5.32 Å².